The second kappa shape index (κ2) is 4.78. The van der Waals surface area contributed by atoms with E-state index in [1.54, 1.807) is 0 Å². The van der Waals surface area contributed by atoms with Gasteiger partial charge in [0, 0.05) is 11.8 Å². The summed E-state index contributed by atoms with van der Waals surface area (Å²) >= 11 is 5.55. The minimum atomic E-state index is -4.77. The fourth-order valence-corrected chi connectivity index (χ4v) is 1.41. The minimum Gasteiger partial charge on any atom is -0.481 e. The summed E-state index contributed by atoms with van der Waals surface area (Å²) in [4.78, 5) is 3.80. The zero-order valence-corrected chi connectivity index (χ0v) is 9.32. The Labute approximate surface area is 95.1 Å². The fraction of sp³-hybridized carbons (Fsp3) is 0.444. The highest BCUT2D eigenvalue weighted by atomic mass is 35.5. The smallest absolute Gasteiger partial charge is 0.481 e. The Hall–Kier alpha value is -1.17. The molecule has 0 bridgehead atoms. The van der Waals surface area contributed by atoms with E-state index in [4.69, 9.17) is 16.3 Å². The number of aryl methyl sites for hydroxylation is 1. The van der Waals surface area contributed by atoms with Crippen molar-refractivity contribution in [2.45, 2.75) is 19.2 Å². The number of alkyl halides is 4. The molecule has 0 unspecified atom stereocenters. The van der Waals surface area contributed by atoms with Crippen LogP contribution in [0.4, 0.5) is 13.2 Å². The minimum absolute atomic E-state index is 0.0276. The molecule has 0 aliphatic rings. The zero-order valence-electron chi connectivity index (χ0n) is 8.56. The lowest BCUT2D eigenvalue weighted by Gasteiger charge is -2.15. The van der Waals surface area contributed by atoms with Crippen molar-refractivity contribution < 1.29 is 22.6 Å². The summed E-state index contributed by atoms with van der Waals surface area (Å²) in [5, 5.41) is 0. The first kappa shape index (κ1) is 12.9. The van der Waals surface area contributed by atoms with Crippen LogP contribution in [-0.4, -0.2) is 18.5 Å². The van der Waals surface area contributed by atoms with Crippen molar-refractivity contribution in [2.24, 2.45) is 0 Å². The van der Waals surface area contributed by atoms with Gasteiger partial charge in [0.05, 0.1) is 18.6 Å². The Morgan fingerprint density at radius 3 is 2.50 bits per heavy atom. The summed E-state index contributed by atoms with van der Waals surface area (Å²) < 4.78 is 45.1. The molecule has 0 aliphatic heterocycles. The molecule has 1 rings (SSSR count). The average Bonchev–Trinajstić information content (AvgIpc) is 2.19. The number of rotatable bonds is 3. The Bertz CT molecular complexity index is 382. The Morgan fingerprint density at radius 1 is 1.44 bits per heavy atom. The van der Waals surface area contributed by atoms with Gasteiger partial charge in [0.15, 0.2) is 0 Å². The summed E-state index contributed by atoms with van der Waals surface area (Å²) in [6.07, 6.45) is -3.53. The monoisotopic (exact) mass is 255 g/mol. The normalized spacial score (nSPS) is 11.4. The van der Waals surface area contributed by atoms with Gasteiger partial charge in [0.1, 0.15) is 5.75 Å². The maximum absolute atomic E-state index is 12.1. The first-order valence-electron chi connectivity index (χ1n) is 4.23. The van der Waals surface area contributed by atoms with Crippen molar-refractivity contribution in [3.63, 3.8) is 0 Å². The van der Waals surface area contributed by atoms with Gasteiger partial charge in [-0.1, -0.05) is 0 Å². The van der Waals surface area contributed by atoms with E-state index in [1.165, 1.54) is 20.2 Å². The lowest BCUT2D eigenvalue weighted by molar-refractivity contribution is -0.275. The summed E-state index contributed by atoms with van der Waals surface area (Å²) in [7, 11) is 1.30. The molecule has 0 N–H and O–H groups in total. The highest BCUT2D eigenvalue weighted by molar-refractivity contribution is 6.17. The summed E-state index contributed by atoms with van der Waals surface area (Å²) in [6, 6.07) is 0. The number of nitrogens with zero attached hydrogens (tertiary/aromatic N) is 1. The van der Waals surface area contributed by atoms with Gasteiger partial charge in [-0.25, -0.2) is 4.98 Å². The van der Waals surface area contributed by atoms with Crippen LogP contribution >= 0.6 is 11.6 Å². The van der Waals surface area contributed by atoms with Crippen LogP contribution in [0.2, 0.25) is 0 Å². The Balaban J connectivity index is 3.23. The number of halogens is 4. The van der Waals surface area contributed by atoms with Crippen LogP contribution < -0.4 is 9.47 Å². The molecular formula is C9H9ClF3NO2. The van der Waals surface area contributed by atoms with E-state index < -0.39 is 6.36 Å². The van der Waals surface area contributed by atoms with Crippen molar-refractivity contribution in [1.82, 2.24) is 4.98 Å². The van der Waals surface area contributed by atoms with E-state index in [0.29, 0.717) is 0 Å². The molecule has 7 heteroatoms. The van der Waals surface area contributed by atoms with Crippen LogP contribution in [0.25, 0.3) is 0 Å². The van der Waals surface area contributed by atoms with Crippen LogP contribution in [0.1, 0.15) is 11.1 Å². The molecular weight excluding hydrogens is 247 g/mol. The van der Waals surface area contributed by atoms with Gasteiger partial charge in [-0.05, 0) is 6.92 Å². The molecule has 1 aromatic heterocycles. The van der Waals surface area contributed by atoms with Gasteiger partial charge < -0.3 is 9.47 Å². The number of hydrogen-bond donors (Lipinski definition) is 0. The Kier molecular flexibility index (Phi) is 3.85. The van der Waals surface area contributed by atoms with Gasteiger partial charge >= 0.3 is 6.36 Å². The van der Waals surface area contributed by atoms with Crippen LogP contribution in [0.3, 0.4) is 0 Å². The predicted octanol–water partition coefficient (Wildman–Crippen LogP) is 3.04. The topological polar surface area (TPSA) is 31.4 Å². The Morgan fingerprint density at radius 2 is 2.06 bits per heavy atom. The maximum atomic E-state index is 12.1. The molecule has 1 aromatic rings. The van der Waals surface area contributed by atoms with E-state index in [0.717, 1.165) is 0 Å². The van der Waals surface area contributed by atoms with Crippen molar-refractivity contribution in [2.75, 3.05) is 7.11 Å². The number of ether oxygens (including phenoxy) is 2. The summed E-state index contributed by atoms with van der Waals surface area (Å²) in [5.41, 5.74) is 0.329. The average molecular weight is 256 g/mol. The third-order valence-electron chi connectivity index (χ3n) is 1.81. The van der Waals surface area contributed by atoms with Gasteiger partial charge in [-0.15, -0.1) is 24.8 Å². The SMILES string of the molecule is COc1ncc(C)c(OC(F)(F)F)c1CCl. The molecule has 0 aromatic carbocycles. The first-order valence-corrected chi connectivity index (χ1v) is 4.76. The highest BCUT2D eigenvalue weighted by Gasteiger charge is 2.33. The second-order valence-electron chi connectivity index (χ2n) is 2.94. The van der Waals surface area contributed by atoms with Gasteiger partial charge in [-0.2, -0.15) is 0 Å². The molecule has 0 atom stereocenters. The van der Waals surface area contributed by atoms with Crippen LogP contribution in [-0.2, 0) is 5.88 Å². The number of pyridine rings is 1. The molecule has 16 heavy (non-hydrogen) atoms. The molecule has 0 saturated heterocycles. The van der Waals surface area contributed by atoms with Crippen molar-refractivity contribution in [3.8, 4) is 11.6 Å². The second-order valence-corrected chi connectivity index (χ2v) is 3.21. The van der Waals surface area contributed by atoms with Gasteiger partial charge in [0.25, 0.3) is 0 Å². The molecule has 0 saturated carbocycles. The van der Waals surface area contributed by atoms with E-state index >= 15 is 0 Å². The molecule has 1 heterocycles. The van der Waals surface area contributed by atoms with E-state index in [-0.39, 0.29) is 28.6 Å². The molecule has 0 spiro atoms. The standard InChI is InChI=1S/C9H9ClF3NO2/c1-5-4-14-8(15-2)6(3-10)7(5)16-9(11,12)13/h4H,3H2,1-2H3. The number of aromatic nitrogens is 1. The lowest BCUT2D eigenvalue weighted by atomic mass is 10.2. The third kappa shape index (κ3) is 2.91. The molecule has 0 amide bonds. The van der Waals surface area contributed by atoms with E-state index in [1.807, 2.05) is 0 Å². The molecule has 0 aliphatic carbocycles. The largest absolute Gasteiger partial charge is 0.573 e. The van der Waals surface area contributed by atoms with Crippen LogP contribution in [0.5, 0.6) is 11.6 Å². The fourth-order valence-electron chi connectivity index (χ4n) is 1.18. The summed E-state index contributed by atoms with van der Waals surface area (Å²) in [6.45, 7) is 1.45. The highest BCUT2D eigenvalue weighted by Crippen LogP contribution is 2.34. The maximum Gasteiger partial charge on any atom is 0.573 e. The summed E-state index contributed by atoms with van der Waals surface area (Å²) in [5.74, 6) is -0.502. The first-order chi connectivity index (χ1) is 7.39. The zero-order chi connectivity index (χ0) is 12.3. The molecule has 3 nitrogen and oxygen atoms in total. The van der Waals surface area contributed by atoms with Gasteiger partial charge in [-0.3, -0.25) is 0 Å². The van der Waals surface area contributed by atoms with Crippen LogP contribution in [0.15, 0.2) is 6.20 Å². The molecule has 0 fully saturated rings. The van der Waals surface area contributed by atoms with E-state index in [2.05, 4.69) is 9.72 Å². The third-order valence-corrected chi connectivity index (χ3v) is 2.08. The van der Waals surface area contributed by atoms with E-state index in [9.17, 15) is 13.2 Å². The van der Waals surface area contributed by atoms with Crippen molar-refractivity contribution in [3.05, 3.63) is 17.3 Å². The number of hydrogen-bond acceptors (Lipinski definition) is 3. The van der Waals surface area contributed by atoms with Crippen molar-refractivity contribution in [1.29, 1.82) is 0 Å². The predicted molar refractivity (Wildman–Crippen MR) is 51.8 cm³/mol. The number of methoxy groups -OCH3 is 1. The quantitative estimate of drug-likeness (QED) is 0.778. The van der Waals surface area contributed by atoms with Crippen molar-refractivity contribution >= 4 is 11.6 Å². The van der Waals surface area contributed by atoms with Gasteiger partial charge in [0.2, 0.25) is 5.88 Å². The van der Waals surface area contributed by atoms with Crippen LogP contribution in [0, 0.1) is 6.92 Å². The lowest BCUT2D eigenvalue weighted by Crippen LogP contribution is -2.19. The molecule has 90 valence electrons. The molecule has 0 radical (unpaired) electrons.